The molecule has 0 aliphatic heterocycles. The molecule has 0 bridgehead atoms. The third-order valence-electron chi connectivity index (χ3n) is 5.69. The Morgan fingerprint density at radius 3 is 1.60 bits per heavy atom. The van der Waals surface area contributed by atoms with Crippen LogP contribution < -0.4 is 10.6 Å². The summed E-state index contributed by atoms with van der Waals surface area (Å²) in [7, 11) is 0. The molecule has 0 aromatic heterocycles. The molecule has 0 saturated heterocycles. The largest absolute Gasteiger partial charge is 0.321 e. The first-order valence-electron chi connectivity index (χ1n) is 10.7. The Hall–Kier alpha value is -4.55. The van der Waals surface area contributed by atoms with Crippen LogP contribution in [0.2, 0.25) is 5.02 Å². The fourth-order valence-electron chi connectivity index (χ4n) is 4.06. The summed E-state index contributed by atoms with van der Waals surface area (Å²) < 4.78 is 0. The Balaban J connectivity index is 1.51. The number of halogens is 1. The molecule has 170 valence electrons. The number of hydrogen-bond acceptors (Lipinski definition) is 4. The summed E-state index contributed by atoms with van der Waals surface area (Å²) in [5, 5.41) is 5.87. The molecule has 6 nitrogen and oxygen atoms in total. The zero-order chi connectivity index (χ0) is 24.5. The van der Waals surface area contributed by atoms with Gasteiger partial charge in [-0.25, -0.2) is 0 Å². The van der Waals surface area contributed by atoms with Crippen molar-refractivity contribution in [2.45, 2.75) is 0 Å². The summed E-state index contributed by atoms with van der Waals surface area (Å²) in [6, 6.07) is 24.4. The summed E-state index contributed by atoms with van der Waals surface area (Å²) in [6.07, 6.45) is 0. The molecule has 1 aliphatic carbocycles. The lowest BCUT2D eigenvalue weighted by atomic mass is 9.82. The molecule has 2 N–H and O–H groups in total. The molecular formula is C28H17ClN2O4. The van der Waals surface area contributed by atoms with Gasteiger partial charge < -0.3 is 10.6 Å². The van der Waals surface area contributed by atoms with E-state index in [1.165, 1.54) is 18.2 Å². The average Bonchev–Trinajstić information content (AvgIpc) is 2.87. The molecule has 0 atom stereocenters. The molecule has 0 spiro atoms. The SMILES string of the molecule is O=C(Nc1cccc2c1C(=O)c1cccc(NC(=O)c3cccc(Cl)c3)c1C2=O)c1ccccc1. The highest BCUT2D eigenvalue weighted by Gasteiger charge is 2.34. The van der Waals surface area contributed by atoms with Gasteiger partial charge in [-0.05, 0) is 42.5 Å². The van der Waals surface area contributed by atoms with Crippen LogP contribution in [0.4, 0.5) is 11.4 Å². The minimum atomic E-state index is -0.462. The van der Waals surface area contributed by atoms with Crippen molar-refractivity contribution in [3.63, 3.8) is 0 Å². The van der Waals surface area contributed by atoms with E-state index in [1.807, 2.05) is 0 Å². The van der Waals surface area contributed by atoms with Crippen LogP contribution in [-0.2, 0) is 0 Å². The standard InChI is InChI=1S/C28H17ClN2O4/c29-18-10-4-9-17(15-18)28(35)31-22-14-6-12-20-24(22)26(33)19-11-5-13-21(23(19)25(20)32)30-27(34)16-7-2-1-3-8-16/h1-15H,(H,30,34)(H,31,35). The Morgan fingerprint density at radius 1 is 0.571 bits per heavy atom. The van der Waals surface area contributed by atoms with Crippen LogP contribution in [0.5, 0.6) is 0 Å². The summed E-state index contributed by atoms with van der Waals surface area (Å²) in [5.74, 6) is -1.70. The fourth-order valence-corrected chi connectivity index (χ4v) is 4.25. The van der Waals surface area contributed by atoms with Gasteiger partial charge in [-0.1, -0.05) is 60.1 Å². The van der Waals surface area contributed by atoms with Crippen molar-refractivity contribution in [3.8, 4) is 0 Å². The van der Waals surface area contributed by atoms with Crippen molar-refractivity contribution >= 4 is 46.4 Å². The van der Waals surface area contributed by atoms with Crippen molar-refractivity contribution < 1.29 is 19.2 Å². The number of carbonyl (C=O) groups is 4. The highest BCUT2D eigenvalue weighted by molar-refractivity contribution is 6.33. The van der Waals surface area contributed by atoms with E-state index in [0.29, 0.717) is 16.1 Å². The van der Waals surface area contributed by atoms with Crippen LogP contribution in [0.1, 0.15) is 52.6 Å². The second-order valence-electron chi connectivity index (χ2n) is 7.90. The summed E-state index contributed by atoms with van der Waals surface area (Å²) in [6.45, 7) is 0. The van der Waals surface area contributed by atoms with Crippen LogP contribution >= 0.6 is 11.6 Å². The Labute approximate surface area is 205 Å². The number of nitrogens with one attached hydrogen (secondary N) is 2. The van der Waals surface area contributed by atoms with Gasteiger partial charge in [0.25, 0.3) is 11.8 Å². The van der Waals surface area contributed by atoms with Gasteiger partial charge >= 0.3 is 0 Å². The third-order valence-corrected chi connectivity index (χ3v) is 5.93. The lowest BCUT2D eigenvalue weighted by Gasteiger charge is -2.22. The Kier molecular flexibility index (Phi) is 5.73. The van der Waals surface area contributed by atoms with E-state index < -0.39 is 23.4 Å². The number of ketones is 2. The van der Waals surface area contributed by atoms with E-state index in [4.69, 9.17) is 11.6 Å². The predicted octanol–water partition coefficient (Wildman–Crippen LogP) is 5.62. The first-order chi connectivity index (χ1) is 16.9. The number of carbonyl (C=O) groups excluding carboxylic acids is 4. The maximum atomic E-state index is 13.5. The third kappa shape index (κ3) is 4.11. The Bertz CT molecular complexity index is 1530. The van der Waals surface area contributed by atoms with Crippen molar-refractivity contribution in [1.82, 2.24) is 0 Å². The quantitative estimate of drug-likeness (QED) is 0.349. The maximum Gasteiger partial charge on any atom is 0.255 e. The first kappa shape index (κ1) is 22.3. The number of benzene rings is 4. The van der Waals surface area contributed by atoms with Gasteiger partial charge in [0, 0.05) is 27.3 Å². The molecule has 35 heavy (non-hydrogen) atoms. The molecule has 2 amide bonds. The van der Waals surface area contributed by atoms with Crippen molar-refractivity contribution in [2.24, 2.45) is 0 Å². The smallest absolute Gasteiger partial charge is 0.255 e. The van der Waals surface area contributed by atoms with Gasteiger partial charge in [0.05, 0.1) is 22.5 Å². The van der Waals surface area contributed by atoms with E-state index in [9.17, 15) is 19.2 Å². The minimum Gasteiger partial charge on any atom is -0.321 e. The van der Waals surface area contributed by atoms with Crippen molar-refractivity contribution in [2.75, 3.05) is 10.6 Å². The average molecular weight is 481 g/mol. The summed E-state index contributed by atoms with van der Waals surface area (Å²) in [5.41, 5.74) is 1.72. The zero-order valence-electron chi connectivity index (χ0n) is 18.2. The molecule has 5 rings (SSSR count). The lowest BCUT2D eigenvalue weighted by Crippen LogP contribution is -2.26. The minimum absolute atomic E-state index is 0.104. The van der Waals surface area contributed by atoms with Gasteiger partial charge in [0.15, 0.2) is 11.6 Å². The molecule has 4 aromatic carbocycles. The molecule has 0 unspecified atom stereocenters. The van der Waals surface area contributed by atoms with Crippen LogP contribution in [-0.4, -0.2) is 23.4 Å². The number of amides is 2. The van der Waals surface area contributed by atoms with Gasteiger partial charge in [-0.15, -0.1) is 0 Å². The second kappa shape index (κ2) is 9.00. The predicted molar refractivity (Wildman–Crippen MR) is 134 cm³/mol. The van der Waals surface area contributed by atoms with Crippen LogP contribution in [0.15, 0.2) is 91.0 Å². The van der Waals surface area contributed by atoms with Crippen LogP contribution in [0.3, 0.4) is 0 Å². The van der Waals surface area contributed by atoms with E-state index in [2.05, 4.69) is 10.6 Å². The summed E-state index contributed by atoms with van der Waals surface area (Å²) >= 11 is 5.99. The second-order valence-corrected chi connectivity index (χ2v) is 8.34. The van der Waals surface area contributed by atoms with Gasteiger partial charge in [0.2, 0.25) is 0 Å². The van der Waals surface area contributed by atoms with Gasteiger partial charge in [-0.3, -0.25) is 19.2 Å². The topological polar surface area (TPSA) is 92.3 Å². The van der Waals surface area contributed by atoms with Crippen molar-refractivity contribution in [1.29, 1.82) is 0 Å². The fraction of sp³-hybridized carbons (Fsp3) is 0. The number of hydrogen-bond donors (Lipinski definition) is 2. The maximum absolute atomic E-state index is 13.5. The molecule has 4 aromatic rings. The highest BCUT2D eigenvalue weighted by Crippen LogP contribution is 2.35. The zero-order valence-corrected chi connectivity index (χ0v) is 18.9. The lowest BCUT2D eigenvalue weighted by molar-refractivity contribution is 0.0977. The first-order valence-corrected chi connectivity index (χ1v) is 11.1. The Morgan fingerprint density at radius 2 is 1.06 bits per heavy atom. The highest BCUT2D eigenvalue weighted by atomic mass is 35.5. The van der Waals surface area contributed by atoms with Gasteiger partial charge in [0.1, 0.15) is 0 Å². The molecule has 1 aliphatic rings. The van der Waals surface area contributed by atoms with Crippen molar-refractivity contribution in [3.05, 3.63) is 129 Å². The number of fused-ring (bicyclic) bond motifs is 2. The monoisotopic (exact) mass is 480 g/mol. The van der Waals surface area contributed by atoms with E-state index in [0.717, 1.165) is 0 Å². The van der Waals surface area contributed by atoms with E-state index in [-0.39, 0.29) is 33.6 Å². The molecule has 0 heterocycles. The van der Waals surface area contributed by atoms with E-state index in [1.54, 1.807) is 72.8 Å². The van der Waals surface area contributed by atoms with E-state index >= 15 is 0 Å². The van der Waals surface area contributed by atoms with Crippen LogP contribution in [0.25, 0.3) is 0 Å². The molecule has 0 radical (unpaired) electrons. The normalized spacial score (nSPS) is 11.9. The molecule has 0 fully saturated rings. The number of anilines is 2. The molecule has 7 heteroatoms. The molecular weight excluding hydrogens is 464 g/mol. The number of rotatable bonds is 4. The molecule has 0 saturated carbocycles. The van der Waals surface area contributed by atoms with Gasteiger partial charge in [-0.2, -0.15) is 0 Å². The van der Waals surface area contributed by atoms with Crippen LogP contribution in [0, 0.1) is 0 Å². The summed E-state index contributed by atoms with van der Waals surface area (Å²) in [4.78, 5) is 52.5.